The van der Waals surface area contributed by atoms with Crippen LogP contribution in [0.5, 0.6) is 0 Å². The van der Waals surface area contributed by atoms with Gasteiger partial charge in [-0.25, -0.2) is 0 Å². The molecule has 1 fully saturated rings. The molecule has 0 saturated carbocycles. The summed E-state index contributed by atoms with van der Waals surface area (Å²) in [7, 11) is 0. The van der Waals surface area contributed by atoms with Gasteiger partial charge in [0.1, 0.15) is 5.01 Å². The van der Waals surface area contributed by atoms with Crippen LogP contribution in [0.1, 0.15) is 23.9 Å². The van der Waals surface area contributed by atoms with Gasteiger partial charge in [-0.2, -0.15) is 0 Å². The van der Waals surface area contributed by atoms with E-state index in [0.29, 0.717) is 16.7 Å². The smallest absolute Gasteiger partial charge is 0.231 e. The van der Waals surface area contributed by atoms with Gasteiger partial charge in [-0.1, -0.05) is 35.9 Å². The topological polar surface area (TPSA) is 75.2 Å². The molecule has 2 amide bonds. The molecule has 3 rings (SSSR count). The van der Waals surface area contributed by atoms with Gasteiger partial charge in [-0.3, -0.25) is 9.59 Å². The van der Waals surface area contributed by atoms with Crippen molar-refractivity contribution in [2.45, 2.75) is 26.7 Å². The van der Waals surface area contributed by atoms with Crippen molar-refractivity contribution >= 4 is 45.6 Å². The molecule has 6 nitrogen and oxygen atoms in total. The lowest BCUT2D eigenvalue weighted by molar-refractivity contribution is -0.122. The van der Waals surface area contributed by atoms with Crippen molar-refractivity contribution in [3.63, 3.8) is 0 Å². The molecule has 0 spiro atoms. The maximum atomic E-state index is 12.4. The Morgan fingerprint density at radius 3 is 2.96 bits per heavy atom. The average Bonchev–Trinajstić information content (AvgIpc) is 3.16. The third kappa shape index (κ3) is 3.42. The molecule has 1 aliphatic heterocycles. The van der Waals surface area contributed by atoms with E-state index in [-0.39, 0.29) is 18.2 Å². The van der Waals surface area contributed by atoms with E-state index in [0.717, 1.165) is 22.7 Å². The highest BCUT2D eigenvalue weighted by atomic mass is 35.5. The summed E-state index contributed by atoms with van der Waals surface area (Å²) in [6.07, 6.45) is 0.953. The summed E-state index contributed by atoms with van der Waals surface area (Å²) in [6, 6.07) is 5.41. The van der Waals surface area contributed by atoms with Crippen LogP contribution in [0.25, 0.3) is 0 Å². The predicted molar refractivity (Wildman–Crippen MR) is 94.6 cm³/mol. The molecule has 1 aliphatic rings. The molecule has 2 aromatic rings. The first-order valence-corrected chi connectivity index (χ1v) is 8.87. The van der Waals surface area contributed by atoms with Gasteiger partial charge in [-0.15, -0.1) is 10.2 Å². The number of anilines is 2. The maximum absolute atomic E-state index is 12.4. The molecule has 2 heterocycles. The zero-order valence-electron chi connectivity index (χ0n) is 13.4. The second-order valence-electron chi connectivity index (χ2n) is 5.68. The van der Waals surface area contributed by atoms with Crippen LogP contribution in [0.3, 0.4) is 0 Å². The first-order chi connectivity index (χ1) is 11.5. The molecule has 0 bridgehead atoms. The molecule has 1 atom stereocenters. The van der Waals surface area contributed by atoms with Crippen LogP contribution in [0.15, 0.2) is 18.2 Å². The van der Waals surface area contributed by atoms with Crippen molar-refractivity contribution in [2.24, 2.45) is 5.92 Å². The molecular formula is C16H17ClN4O2S. The Labute approximate surface area is 148 Å². The SMILES string of the molecule is CCc1nnc(NC(=O)[C@H]2CC(=O)N(c3cc(Cl)ccc3C)C2)s1. The number of hydrogen-bond donors (Lipinski definition) is 1. The fourth-order valence-electron chi connectivity index (χ4n) is 2.64. The number of benzene rings is 1. The van der Waals surface area contributed by atoms with Crippen LogP contribution >= 0.6 is 22.9 Å². The number of nitrogens with one attached hydrogen (secondary N) is 1. The lowest BCUT2D eigenvalue weighted by atomic mass is 10.1. The van der Waals surface area contributed by atoms with Crippen LogP contribution in [0.2, 0.25) is 5.02 Å². The Balaban J connectivity index is 1.72. The Hall–Kier alpha value is -1.99. The Morgan fingerprint density at radius 1 is 1.46 bits per heavy atom. The van der Waals surface area contributed by atoms with Gasteiger partial charge in [0.15, 0.2) is 0 Å². The maximum Gasteiger partial charge on any atom is 0.231 e. The fraction of sp³-hybridized carbons (Fsp3) is 0.375. The van der Waals surface area contributed by atoms with Crippen LogP contribution in [-0.4, -0.2) is 28.6 Å². The fourth-order valence-corrected chi connectivity index (χ4v) is 3.49. The summed E-state index contributed by atoms with van der Waals surface area (Å²) in [5.41, 5.74) is 1.71. The first kappa shape index (κ1) is 16.9. The van der Waals surface area contributed by atoms with Crippen molar-refractivity contribution in [2.75, 3.05) is 16.8 Å². The zero-order chi connectivity index (χ0) is 17.3. The number of nitrogens with zero attached hydrogens (tertiary/aromatic N) is 3. The van der Waals surface area contributed by atoms with Gasteiger partial charge in [0.2, 0.25) is 16.9 Å². The summed E-state index contributed by atoms with van der Waals surface area (Å²) in [4.78, 5) is 26.4. The number of carbonyl (C=O) groups is 2. The molecule has 1 aromatic carbocycles. The van der Waals surface area contributed by atoms with Gasteiger partial charge >= 0.3 is 0 Å². The summed E-state index contributed by atoms with van der Waals surface area (Å²) in [5, 5.41) is 12.6. The van der Waals surface area contributed by atoms with Crippen molar-refractivity contribution < 1.29 is 9.59 Å². The molecular weight excluding hydrogens is 348 g/mol. The Bertz CT molecular complexity index is 792. The molecule has 126 valence electrons. The van der Waals surface area contributed by atoms with Gasteiger partial charge in [0, 0.05) is 23.7 Å². The molecule has 1 aromatic heterocycles. The highest BCUT2D eigenvalue weighted by molar-refractivity contribution is 7.15. The molecule has 0 unspecified atom stereocenters. The first-order valence-electron chi connectivity index (χ1n) is 7.67. The second kappa shape index (κ2) is 6.86. The van der Waals surface area contributed by atoms with Crippen molar-refractivity contribution in [1.82, 2.24) is 10.2 Å². The second-order valence-corrected chi connectivity index (χ2v) is 7.18. The van der Waals surface area contributed by atoms with Crippen molar-refractivity contribution in [3.05, 3.63) is 33.8 Å². The van der Waals surface area contributed by atoms with Gasteiger partial charge in [-0.05, 0) is 31.0 Å². The van der Waals surface area contributed by atoms with E-state index >= 15 is 0 Å². The third-order valence-electron chi connectivity index (χ3n) is 3.96. The molecule has 8 heteroatoms. The predicted octanol–water partition coefficient (Wildman–Crippen LogP) is 3.05. The molecule has 24 heavy (non-hydrogen) atoms. The van der Waals surface area contributed by atoms with E-state index in [2.05, 4.69) is 15.5 Å². The highest BCUT2D eigenvalue weighted by Gasteiger charge is 2.36. The summed E-state index contributed by atoms with van der Waals surface area (Å²) in [5.74, 6) is -0.693. The number of hydrogen-bond acceptors (Lipinski definition) is 5. The van der Waals surface area contributed by atoms with E-state index in [1.165, 1.54) is 11.3 Å². The van der Waals surface area contributed by atoms with Gasteiger partial charge in [0.05, 0.1) is 5.92 Å². The van der Waals surface area contributed by atoms with Crippen molar-refractivity contribution in [3.8, 4) is 0 Å². The normalized spacial score (nSPS) is 17.4. The van der Waals surface area contributed by atoms with Crippen LogP contribution in [0.4, 0.5) is 10.8 Å². The summed E-state index contributed by atoms with van der Waals surface area (Å²) < 4.78 is 0. The Morgan fingerprint density at radius 2 is 2.25 bits per heavy atom. The van der Waals surface area contributed by atoms with E-state index in [4.69, 9.17) is 11.6 Å². The number of halogens is 1. The third-order valence-corrected chi connectivity index (χ3v) is 5.18. The largest absolute Gasteiger partial charge is 0.311 e. The van der Waals surface area contributed by atoms with E-state index < -0.39 is 5.92 Å². The van der Waals surface area contributed by atoms with E-state index in [1.54, 1.807) is 17.0 Å². The van der Waals surface area contributed by atoms with Crippen LogP contribution < -0.4 is 10.2 Å². The summed E-state index contributed by atoms with van der Waals surface area (Å²) >= 11 is 7.39. The van der Waals surface area contributed by atoms with E-state index in [9.17, 15) is 9.59 Å². The minimum Gasteiger partial charge on any atom is -0.311 e. The highest BCUT2D eigenvalue weighted by Crippen LogP contribution is 2.30. The molecule has 0 radical (unpaired) electrons. The zero-order valence-corrected chi connectivity index (χ0v) is 14.9. The van der Waals surface area contributed by atoms with Gasteiger partial charge < -0.3 is 10.2 Å². The van der Waals surface area contributed by atoms with Crippen molar-refractivity contribution in [1.29, 1.82) is 0 Å². The number of rotatable bonds is 4. The van der Waals surface area contributed by atoms with Crippen LogP contribution in [0, 0.1) is 12.8 Å². The molecule has 0 aliphatic carbocycles. The number of aryl methyl sites for hydroxylation is 2. The summed E-state index contributed by atoms with van der Waals surface area (Å²) in [6.45, 7) is 4.23. The minimum atomic E-state index is -0.412. The molecule has 1 saturated heterocycles. The Kier molecular flexibility index (Phi) is 4.82. The molecule has 1 N–H and O–H groups in total. The lowest BCUT2D eigenvalue weighted by Crippen LogP contribution is -2.28. The quantitative estimate of drug-likeness (QED) is 0.904. The number of aromatic nitrogens is 2. The average molecular weight is 365 g/mol. The number of carbonyl (C=O) groups excluding carboxylic acids is 2. The van der Waals surface area contributed by atoms with E-state index in [1.807, 2.05) is 19.9 Å². The standard InChI is InChI=1S/C16H17ClN4O2S/c1-3-13-19-20-16(24-13)18-15(23)10-6-14(22)21(8-10)12-7-11(17)5-4-9(12)2/h4-5,7,10H,3,6,8H2,1-2H3,(H,18,20,23)/t10-/m0/s1. The van der Waals surface area contributed by atoms with Crippen LogP contribution in [-0.2, 0) is 16.0 Å². The van der Waals surface area contributed by atoms with Gasteiger partial charge in [0.25, 0.3) is 0 Å². The lowest BCUT2D eigenvalue weighted by Gasteiger charge is -2.19. The number of amides is 2. The minimum absolute atomic E-state index is 0.0768. The monoisotopic (exact) mass is 364 g/mol.